The van der Waals surface area contributed by atoms with E-state index in [1.54, 1.807) is 61.7 Å². The van der Waals surface area contributed by atoms with Gasteiger partial charge in [0.05, 0.1) is 12.7 Å². The van der Waals surface area contributed by atoms with E-state index in [1.807, 2.05) is 0 Å². The van der Waals surface area contributed by atoms with E-state index in [0.717, 1.165) is 0 Å². The monoisotopic (exact) mass is 404 g/mol. The molecule has 0 saturated heterocycles. The van der Waals surface area contributed by atoms with Gasteiger partial charge in [-0.2, -0.15) is 0 Å². The summed E-state index contributed by atoms with van der Waals surface area (Å²) in [7, 11) is 1.55. The van der Waals surface area contributed by atoms with Crippen molar-refractivity contribution in [1.82, 2.24) is 0 Å². The molecule has 3 aromatic carbocycles. The van der Waals surface area contributed by atoms with Crippen molar-refractivity contribution in [2.75, 3.05) is 17.7 Å². The van der Waals surface area contributed by atoms with Crippen LogP contribution in [-0.2, 0) is 0 Å². The van der Waals surface area contributed by atoms with Gasteiger partial charge in [0.2, 0.25) is 5.76 Å². The summed E-state index contributed by atoms with van der Waals surface area (Å²) >= 11 is 0. The van der Waals surface area contributed by atoms with E-state index in [4.69, 9.17) is 9.15 Å². The maximum atomic E-state index is 14.0. The molecular formula is C23H17FN2O4. The Morgan fingerprint density at radius 1 is 0.867 bits per heavy atom. The summed E-state index contributed by atoms with van der Waals surface area (Å²) in [5.74, 6) is -1.34. The average molecular weight is 404 g/mol. The van der Waals surface area contributed by atoms with Gasteiger partial charge in [0.25, 0.3) is 11.8 Å². The minimum absolute atomic E-state index is 0.0864. The molecule has 0 unspecified atom stereocenters. The molecule has 150 valence electrons. The Morgan fingerprint density at radius 3 is 2.30 bits per heavy atom. The molecule has 0 aliphatic rings. The lowest BCUT2D eigenvalue weighted by Crippen LogP contribution is -2.18. The van der Waals surface area contributed by atoms with Crippen molar-refractivity contribution in [3.05, 3.63) is 89.9 Å². The molecule has 0 aliphatic heterocycles. The van der Waals surface area contributed by atoms with Crippen molar-refractivity contribution >= 4 is 34.2 Å². The Kier molecular flexibility index (Phi) is 5.17. The first-order chi connectivity index (χ1) is 14.6. The van der Waals surface area contributed by atoms with Gasteiger partial charge in [0.1, 0.15) is 22.8 Å². The van der Waals surface area contributed by atoms with Crippen LogP contribution in [0.5, 0.6) is 5.75 Å². The molecule has 4 rings (SSSR count). The number of amides is 2. The molecule has 0 radical (unpaired) electrons. The summed E-state index contributed by atoms with van der Waals surface area (Å²) in [5.41, 5.74) is 0.975. The lowest BCUT2D eigenvalue weighted by atomic mass is 10.1. The fraction of sp³-hybridized carbons (Fsp3) is 0.0435. The third-order valence-corrected chi connectivity index (χ3v) is 4.51. The van der Waals surface area contributed by atoms with Gasteiger partial charge in [-0.25, -0.2) is 4.39 Å². The molecule has 0 atom stereocenters. The van der Waals surface area contributed by atoms with Crippen LogP contribution in [0.1, 0.15) is 20.9 Å². The summed E-state index contributed by atoms with van der Waals surface area (Å²) in [6, 6.07) is 19.3. The summed E-state index contributed by atoms with van der Waals surface area (Å²) in [5, 5.41) is 5.87. The maximum Gasteiger partial charge on any atom is 0.293 e. The Hall–Kier alpha value is -4.13. The zero-order chi connectivity index (χ0) is 21.1. The number of hydrogen-bond acceptors (Lipinski definition) is 4. The van der Waals surface area contributed by atoms with Gasteiger partial charge in [-0.15, -0.1) is 0 Å². The largest absolute Gasteiger partial charge is 0.497 e. The second-order valence-corrected chi connectivity index (χ2v) is 6.42. The van der Waals surface area contributed by atoms with Crippen LogP contribution in [0.4, 0.5) is 15.8 Å². The van der Waals surface area contributed by atoms with Crippen LogP contribution in [0.25, 0.3) is 11.0 Å². The smallest absolute Gasteiger partial charge is 0.293 e. The summed E-state index contributed by atoms with van der Waals surface area (Å²) in [6.45, 7) is 0. The van der Waals surface area contributed by atoms with E-state index in [0.29, 0.717) is 22.4 Å². The normalized spacial score (nSPS) is 10.6. The van der Waals surface area contributed by atoms with Crippen LogP contribution in [-0.4, -0.2) is 18.9 Å². The van der Waals surface area contributed by atoms with Crippen molar-refractivity contribution < 1.29 is 23.1 Å². The van der Waals surface area contributed by atoms with Gasteiger partial charge in [0, 0.05) is 11.1 Å². The molecule has 2 N–H and O–H groups in total. The second-order valence-electron chi connectivity index (χ2n) is 6.42. The third kappa shape index (κ3) is 3.73. The van der Waals surface area contributed by atoms with Crippen molar-refractivity contribution in [3.63, 3.8) is 0 Å². The molecule has 0 saturated carbocycles. The number of anilines is 2. The molecule has 0 spiro atoms. The number of benzene rings is 3. The van der Waals surface area contributed by atoms with Crippen LogP contribution in [0.3, 0.4) is 0 Å². The molecule has 4 aromatic rings. The summed E-state index contributed by atoms with van der Waals surface area (Å²) in [4.78, 5) is 25.5. The van der Waals surface area contributed by atoms with Gasteiger partial charge in [0.15, 0.2) is 0 Å². The van der Waals surface area contributed by atoms with Gasteiger partial charge in [-0.3, -0.25) is 9.59 Å². The van der Waals surface area contributed by atoms with Crippen LogP contribution >= 0.6 is 0 Å². The van der Waals surface area contributed by atoms with E-state index >= 15 is 0 Å². The molecular weight excluding hydrogens is 387 g/mol. The highest BCUT2D eigenvalue weighted by Crippen LogP contribution is 2.32. The zero-order valence-electron chi connectivity index (χ0n) is 15.9. The molecule has 6 nitrogen and oxygen atoms in total. The molecule has 30 heavy (non-hydrogen) atoms. The van der Waals surface area contributed by atoms with Crippen molar-refractivity contribution in [1.29, 1.82) is 0 Å². The number of nitrogens with one attached hydrogen (secondary N) is 2. The first kappa shape index (κ1) is 19.2. The number of carbonyl (C=O) groups is 2. The van der Waals surface area contributed by atoms with Crippen LogP contribution in [0.2, 0.25) is 0 Å². The van der Waals surface area contributed by atoms with Crippen LogP contribution in [0.15, 0.2) is 77.2 Å². The first-order valence-electron chi connectivity index (χ1n) is 9.09. The van der Waals surface area contributed by atoms with Gasteiger partial charge < -0.3 is 19.8 Å². The van der Waals surface area contributed by atoms with E-state index in [2.05, 4.69) is 10.6 Å². The van der Waals surface area contributed by atoms with E-state index < -0.39 is 17.6 Å². The predicted octanol–water partition coefficient (Wildman–Crippen LogP) is 5.09. The molecule has 2 amide bonds. The average Bonchev–Trinajstić information content (AvgIpc) is 3.13. The van der Waals surface area contributed by atoms with E-state index in [9.17, 15) is 14.0 Å². The lowest BCUT2D eigenvalue weighted by molar-refractivity contribution is 0.0999. The van der Waals surface area contributed by atoms with Crippen LogP contribution < -0.4 is 15.4 Å². The maximum absolute atomic E-state index is 14.0. The molecule has 1 heterocycles. The number of hydrogen-bond donors (Lipinski definition) is 2. The van der Waals surface area contributed by atoms with Gasteiger partial charge >= 0.3 is 0 Å². The fourth-order valence-electron chi connectivity index (χ4n) is 3.02. The zero-order valence-corrected chi connectivity index (χ0v) is 15.9. The third-order valence-electron chi connectivity index (χ3n) is 4.51. The number of furan rings is 1. The standard InChI is InChI=1S/C23H17FN2O4/c1-29-15-12-10-14(11-13-15)25-23(28)21-20(17-7-3-5-9-19(17)30-21)26-22(27)16-6-2-4-8-18(16)24/h2-13H,1H3,(H,25,28)(H,26,27). The first-order valence-corrected chi connectivity index (χ1v) is 9.09. The number of ether oxygens (including phenoxy) is 1. The minimum atomic E-state index is -0.682. The number of halogens is 1. The number of methoxy groups -OCH3 is 1. The predicted molar refractivity (Wildman–Crippen MR) is 112 cm³/mol. The molecule has 0 fully saturated rings. The molecule has 7 heteroatoms. The topological polar surface area (TPSA) is 80.6 Å². The number of rotatable bonds is 5. The highest BCUT2D eigenvalue weighted by molar-refractivity contribution is 6.16. The Bertz CT molecular complexity index is 1230. The number of carbonyl (C=O) groups excluding carboxylic acids is 2. The quantitative estimate of drug-likeness (QED) is 0.486. The molecule has 0 aliphatic carbocycles. The van der Waals surface area contributed by atoms with Crippen molar-refractivity contribution in [2.24, 2.45) is 0 Å². The number of para-hydroxylation sites is 1. The molecule has 0 bridgehead atoms. The fourth-order valence-corrected chi connectivity index (χ4v) is 3.02. The summed E-state index contributed by atoms with van der Waals surface area (Å²) in [6.07, 6.45) is 0. The summed E-state index contributed by atoms with van der Waals surface area (Å²) < 4.78 is 24.8. The van der Waals surface area contributed by atoms with Gasteiger partial charge in [-0.05, 0) is 48.5 Å². The Balaban J connectivity index is 1.68. The molecule has 1 aromatic heterocycles. The SMILES string of the molecule is COc1ccc(NC(=O)c2oc3ccccc3c2NC(=O)c2ccccc2F)cc1. The Labute approximate surface area is 171 Å². The van der Waals surface area contributed by atoms with E-state index in [-0.39, 0.29) is 17.0 Å². The lowest BCUT2D eigenvalue weighted by Gasteiger charge is -2.08. The minimum Gasteiger partial charge on any atom is -0.497 e. The number of fused-ring (bicyclic) bond motifs is 1. The highest BCUT2D eigenvalue weighted by atomic mass is 19.1. The van der Waals surface area contributed by atoms with Crippen LogP contribution in [0, 0.1) is 5.82 Å². The second kappa shape index (κ2) is 8.08. The van der Waals surface area contributed by atoms with Gasteiger partial charge in [-0.1, -0.05) is 24.3 Å². The van der Waals surface area contributed by atoms with Crippen molar-refractivity contribution in [3.8, 4) is 5.75 Å². The Morgan fingerprint density at radius 2 is 1.57 bits per heavy atom. The highest BCUT2D eigenvalue weighted by Gasteiger charge is 2.23. The van der Waals surface area contributed by atoms with Crippen molar-refractivity contribution in [2.45, 2.75) is 0 Å². The van der Waals surface area contributed by atoms with E-state index in [1.165, 1.54) is 18.2 Å².